The molecule has 1 aliphatic heterocycles. The van der Waals surface area contributed by atoms with Crippen molar-refractivity contribution >= 4 is 15.4 Å². The van der Waals surface area contributed by atoms with Crippen LogP contribution < -0.4 is 4.74 Å². The zero-order valence-corrected chi connectivity index (χ0v) is 11.7. The predicted molar refractivity (Wildman–Crippen MR) is 76.9 cm³/mol. The van der Waals surface area contributed by atoms with E-state index in [0.717, 1.165) is 5.41 Å². The quantitative estimate of drug-likeness (QED) is 0.909. The van der Waals surface area contributed by atoms with Crippen LogP contribution in [0.1, 0.15) is 5.56 Å². The Kier molecular flexibility index (Phi) is 3.10. The largest absolute Gasteiger partial charge is 0.507 e. The van der Waals surface area contributed by atoms with Crippen LogP contribution in [0.15, 0.2) is 52.8 Å². The lowest BCUT2D eigenvalue weighted by molar-refractivity contribution is 0.341. The molecule has 21 heavy (non-hydrogen) atoms. The Morgan fingerprint density at radius 1 is 0.952 bits per heavy atom. The molecule has 2 aromatic carbocycles. The summed E-state index contributed by atoms with van der Waals surface area (Å²) in [6.07, 6.45) is 0. The molecule has 0 bridgehead atoms. The number of phenolic OH excluding ortho intramolecular Hbond substituents is 2. The highest BCUT2D eigenvalue weighted by Crippen LogP contribution is 2.39. The summed E-state index contributed by atoms with van der Waals surface area (Å²) in [7, 11) is -3.56. The molecule has 2 N–H and O–H groups in total. The second kappa shape index (κ2) is 4.82. The Labute approximate surface area is 121 Å². The molecular formula is C15H12O5S. The lowest BCUT2D eigenvalue weighted by Crippen LogP contribution is -2.00. The van der Waals surface area contributed by atoms with E-state index in [1.165, 1.54) is 24.3 Å². The standard InChI is InChI=1S/C15H12O5S/c16-11-4-1-2-6-13(11)20-8-10-9-21(18,19)14-7-3-5-12(17)15(10)14/h1-7,9,16-17H,8H2. The van der Waals surface area contributed by atoms with Crippen molar-refractivity contribution in [2.75, 3.05) is 6.61 Å². The topological polar surface area (TPSA) is 83.8 Å². The maximum atomic E-state index is 12.0. The van der Waals surface area contributed by atoms with Gasteiger partial charge in [0.05, 0.1) is 4.90 Å². The molecular weight excluding hydrogens is 292 g/mol. The minimum atomic E-state index is -3.56. The molecule has 0 amide bonds. The normalized spacial score (nSPS) is 15.3. The molecule has 0 aromatic heterocycles. The molecule has 0 saturated heterocycles. The lowest BCUT2D eigenvalue weighted by atomic mass is 10.1. The van der Waals surface area contributed by atoms with Gasteiger partial charge in [0.1, 0.15) is 12.4 Å². The number of hydrogen-bond acceptors (Lipinski definition) is 5. The second-order valence-corrected chi connectivity index (χ2v) is 6.36. The number of phenols is 2. The van der Waals surface area contributed by atoms with Gasteiger partial charge in [-0.3, -0.25) is 0 Å². The predicted octanol–water partition coefficient (Wildman–Crippen LogP) is 2.31. The van der Waals surface area contributed by atoms with E-state index in [0.29, 0.717) is 5.57 Å². The SMILES string of the molecule is O=S1(=O)C=C(COc2ccccc2O)c2c(O)cccc21. The minimum absolute atomic E-state index is 0.0311. The molecule has 0 spiro atoms. The zero-order valence-electron chi connectivity index (χ0n) is 10.9. The van der Waals surface area contributed by atoms with Gasteiger partial charge in [0.2, 0.25) is 9.84 Å². The van der Waals surface area contributed by atoms with Crippen LogP contribution in [0.5, 0.6) is 17.2 Å². The molecule has 2 aromatic rings. The van der Waals surface area contributed by atoms with Gasteiger partial charge in [-0.15, -0.1) is 0 Å². The summed E-state index contributed by atoms with van der Waals surface area (Å²) in [6.45, 7) is -0.0681. The molecule has 0 atom stereocenters. The van der Waals surface area contributed by atoms with Gasteiger partial charge in [-0.25, -0.2) is 8.42 Å². The molecule has 0 aliphatic carbocycles. The van der Waals surface area contributed by atoms with E-state index in [2.05, 4.69) is 0 Å². The fourth-order valence-corrected chi connectivity index (χ4v) is 3.71. The number of para-hydroxylation sites is 2. The van der Waals surface area contributed by atoms with Crippen LogP contribution in [-0.4, -0.2) is 25.2 Å². The first kappa shape index (κ1) is 13.5. The van der Waals surface area contributed by atoms with Crippen molar-refractivity contribution in [2.24, 2.45) is 0 Å². The van der Waals surface area contributed by atoms with Gasteiger partial charge >= 0.3 is 0 Å². The van der Waals surface area contributed by atoms with Crippen LogP contribution in [-0.2, 0) is 9.84 Å². The molecule has 0 saturated carbocycles. The van der Waals surface area contributed by atoms with Crippen molar-refractivity contribution < 1.29 is 23.4 Å². The van der Waals surface area contributed by atoms with Crippen molar-refractivity contribution in [1.29, 1.82) is 0 Å². The minimum Gasteiger partial charge on any atom is -0.507 e. The Bertz CT molecular complexity index is 837. The monoisotopic (exact) mass is 304 g/mol. The van der Waals surface area contributed by atoms with E-state index in [-0.39, 0.29) is 34.3 Å². The van der Waals surface area contributed by atoms with Crippen LogP contribution in [0.3, 0.4) is 0 Å². The number of rotatable bonds is 3. The molecule has 3 rings (SSSR count). The molecule has 6 heteroatoms. The number of benzene rings is 2. The summed E-state index contributed by atoms with van der Waals surface area (Å²) in [5.74, 6) is 0.108. The summed E-state index contributed by atoms with van der Waals surface area (Å²) >= 11 is 0. The number of hydrogen-bond donors (Lipinski definition) is 2. The first-order valence-electron chi connectivity index (χ1n) is 6.18. The average molecular weight is 304 g/mol. The van der Waals surface area contributed by atoms with E-state index < -0.39 is 9.84 Å². The number of fused-ring (bicyclic) bond motifs is 1. The lowest BCUT2D eigenvalue weighted by Gasteiger charge is -2.10. The maximum absolute atomic E-state index is 12.0. The highest BCUT2D eigenvalue weighted by molar-refractivity contribution is 7.95. The highest BCUT2D eigenvalue weighted by atomic mass is 32.2. The van der Waals surface area contributed by atoms with E-state index in [1.54, 1.807) is 18.2 Å². The van der Waals surface area contributed by atoms with Crippen LogP contribution >= 0.6 is 0 Å². The fraction of sp³-hybridized carbons (Fsp3) is 0.0667. The summed E-state index contributed by atoms with van der Waals surface area (Å²) in [4.78, 5) is 0.0679. The Morgan fingerprint density at radius 2 is 1.67 bits per heavy atom. The molecule has 1 aliphatic rings. The van der Waals surface area contributed by atoms with Crippen LogP contribution in [0.2, 0.25) is 0 Å². The van der Waals surface area contributed by atoms with Gasteiger partial charge < -0.3 is 14.9 Å². The van der Waals surface area contributed by atoms with Gasteiger partial charge in [-0.2, -0.15) is 0 Å². The second-order valence-electron chi connectivity index (χ2n) is 4.59. The summed E-state index contributed by atoms with van der Waals surface area (Å²) in [6, 6.07) is 10.7. The van der Waals surface area contributed by atoms with Gasteiger partial charge in [0.25, 0.3) is 0 Å². The molecule has 0 unspecified atom stereocenters. The molecule has 1 heterocycles. The molecule has 0 fully saturated rings. The zero-order chi connectivity index (χ0) is 15.0. The number of ether oxygens (including phenoxy) is 1. The summed E-state index contributed by atoms with van der Waals surface area (Å²) in [5.41, 5.74) is 0.610. The average Bonchev–Trinajstić information content (AvgIpc) is 2.71. The van der Waals surface area contributed by atoms with Crippen molar-refractivity contribution in [3.63, 3.8) is 0 Å². The van der Waals surface area contributed by atoms with E-state index >= 15 is 0 Å². The van der Waals surface area contributed by atoms with Gasteiger partial charge in [-0.05, 0) is 24.3 Å². The van der Waals surface area contributed by atoms with Crippen molar-refractivity contribution in [1.82, 2.24) is 0 Å². The number of sulfone groups is 1. The first-order valence-corrected chi connectivity index (χ1v) is 7.72. The highest BCUT2D eigenvalue weighted by Gasteiger charge is 2.29. The Balaban J connectivity index is 1.94. The Morgan fingerprint density at radius 3 is 2.43 bits per heavy atom. The van der Waals surface area contributed by atoms with E-state index in [1.807, 2.05) is 0 Å². The van der Waals surface area contributed by atoms with E-state index in [9.17, 15) is 18.6 Å². The summed E-state index contributed by atoms with van der Waals surface area (Å²) in [5, 5.41) is 20.6. The Hall–Kier alpha value is -2.47. The van der Waals surface area contributed by atoms with Crippen LogP contribution in [0.25, 0.3) is 5.57 Å². The maximum Gasteiger partial charge on any atom is 0.200 e. The van der Waals surface area contributed by atoms with Crippen LogP contribution in [0.4, 0.5) is 0 Å². The van der Waals surface area contributed by atoms with E-state index in [4.69, 9.17) is 4.74 Å². The summed E-state index contributed by atoms with van der Waals surface area (Å²) < 4.78 is 29.4. The van der Waals surface area contributed by atoms with Crippen molar-refractivity contribution in [3.05, 3.63) is 53.4 Å². The third-order valence-corrected chi connectivity index (χ3v) is 4.73. The molecule has 108 valence electrons. The van der Waals surface area contributed by atoms with Gasteiger partial charge in [-0.1, -0.05) is 18.2 Å². The van der Waals surface area contributed by atoms with Crippen molar-refractivity contribution in [2.45, 2.75) is 4.90 Å². The third-order valence-electron chi connectivity index (χ3n) is 3.18. The fourth-order valence-electron chi connectivity index (χ4n) is 2.23. The van der Waals surface area contributed by atoms with Gasteiger partial charge in [0, 0.05) is 16.5 Å². The smallest absolute Gasteiger partial charge is 0.200 e. The molecule has 0 radical (unpaired) electrons. The molecule has 5 nitrogen and oxygen atoms in total. The van der Waals surface area contributed by atoms with Crippen LogP contribution in [0, 0.1) is 0 Å². The number of aromatic hydroxyl groups is 2. The first-order chi connectivity index (χ1) is 9.99. The van der Waals surface area contributed by atoms with Gasteiger partial charge in [0.15, 0.2) is 11.5 Å². The third kappa shape index (κ3) is 2.34. The van der Waals surface area contributed by atoms with Crippen molar-refractivity contribution in [3.8, 4) is 17.2 Å².